The molecule has 0 saturated carbocycles. The lowest BCUT2D eigenvalue weighted by Crippen LogP contribution is -1.91. The molecule has 14 heavy (non-hydrogen) atoms. The second kappa shape index (κ2) is 6.52. The highest BCUT2D eigenvalue weighted by atomic mass is 127. The molecule has 76 valence electrons. The summed E-state index contributed by atoms with van der Waals surface area (Å²) in [7, 11) is 3.06. The molecule has 0 fully saturated rings. The molecule has 0 atom stereocenters. The van der Waals surface area contributed by atoms with Gasteiger partial charge in [-0.1, -0.05) is 0 Å². The first-order valence-electron chi connectivity index (χ1n) is 3.67. The summed E-state index contributed by atoms with van der Waals surface area (Å²) in [5.74, 6) is 0.824. The van der Waals surface area contributed by atoms with Gasteiger partial charge in [0.15, 0.2) is 0 Å². The zero-order chi connectivity index (χ0) is 10.4. The second-order valence-electron chi connectivity index (χ2n) is 2.31. The van der Waals surface area contributed by atoms with Crippen LogP contribution in [0.15, 0.2) is 27.8 Å². The van der Waals surface area contributed by atoms with Crippen molar-refractivity contribution in [2.45, 2.75) is 0 Å². The molecule has 1 aromatic rings. The minimum atomic E-state index is 0.824. The van der Waals surface area contributed by atoms with Gasteiger partial charge in [-0.3, -0.25) is 0 Å². The molecule has 0 unspecified atom stereocenters. The topological polar surface area (TPSA) is 33.6 Å². The van der Waals surface area contributed by atoms with Crippen LogP contribution in [0.3, 0.4) is 0 Å². The largest absolute Gasteiger partial charge is 0.497 e. The Morgan fingerprint density at radius 1 is 1.64 bits per heavy atom. The number of ether oxygens (including phenoxy) is 1. The molecule has 0 bridgehead atoms. The Labute approximate surface area is 108 Å². The van der Waals surface area contributed by atoms with Crippen LogP contribution >= 0.6 is 46.3 Å². The Morgan fingerprint density at radius 2 is 2.43 bits per heavy atom. The summed E-state index contributed by atoms with van der Waals surface area (Å²) in [6, 6.07) is 5.73. The zero-order valence-electron chi connectivity index (χ0n) is 7.33. The Balaban J connectivity index is 2.78. The lowest BCUT2D eigenvalue weighted by atomic mass is 10.2. The summed E-state index contributed by atoms with van der Waals surface area (Å²) in [6.07, 6.45) is 1.75. The average molecular weight is 387 g/mol. The van der Waals surface area contributed by atoms with E-state index in [1.165, 1.54) is 9.12 Å². The number of benzene rings is 1. The maximum atomic E-state index is 5.08. The van der Waals surface area contributed by atoms with Crippen LogP contribution in [0.5, 0.6) is 5.75 Å². The van der Waals surface area contributed by atoms with Crippen molar-refractivity contribution in [3.63, 3.8) is 0 Å². The molecule has 0 aliphatic heterocycles. The summed E-state index contributed by atoms with van der Waals surface area (Å²) in [4.78, 5) is 2.77. The molecule has 6 heteroatoms. The fourth-order valence-electron chi connectivity index (χ4n) is 0.855. The quantitative estimate of drug-likeness (QED) is 0.372. The summed E-state index contributed by atoms with van der Waals surface area (Å²) in [6.45, 7) is 0. The minimum Gasteiger partial charge on any atom is -0.497 e. The predicted octanol–water partition coefficient (Wildman–Crippen LogP) is 3.38. The van der Waals surface area contributed by atoms with Crippen LogP contribution in [0.25, 0.3) is 0 Å². The average Bonchev–Trinajstić information content (AvgIpc) is 2.20. The maximum Gasteiger partial charge on any atom is 0.120 e. The van der Waals surface area contributed by atoms with Crippen LogP contribution in [-0.2, 0) is 0 Å². The molecule has 0 saturated heterocycles. The van der Waals surface area contributed by atoms with E-state index in [1.807, 2.05) is 18.2 Å². The van der Waals surface area contributed by atoms with E-state index in [0.29, 0.717) is 0 Å². The number of nitrogens with zero attached hydrogens (tertiary/aromatic N) is 1. The molecule has 0 aliphatic carbocycles. The molecule has 1 rings (SSSR count). The number of nitrogens with one attached hydrogen (secondary N) is 1. The highest BCUT2D eigenvalue weighted by Crippen LogP contribution is 2.21. The van der Waals surface area contributed by atoms with Gasteiger partial charge in [-0.05, 0) is 34.1 Å². The normalized spacial score (nSPS) is 10.5. The van der Waals surface area contributed by atoms with Crippen molar-refractivity contribution in [1.82, 2.24) is 4.83 Å². The Bertz CT molecular complexity index is 335. The van der Waals surface area contributed by atoms with Crippen molar-refractivity contribution in [3.05, 3.63) is 28.2 Å². The number of hydrogen-bond donors (Lipinski definition) is 1. The van der Waals surface area contributed by atoms with Gasteiger partial charge in [-0.2, -0.15) is 5.10 Å². The van der Waals surface area contributed by atoms with Gasteiger partial charge in [0.25, 0.3) is 0 Å². The lowest BCUT2D eigenvalue weighted by molar-refractivity contribution is 0.414. The maximum absolute atomic E-state index is 5.08. The molecular weight excluding hydrogens is 379 g/mol. The molecule has 0 spiro atoms. The van der Waals surface area contributed by atoms with E-state index in [1.54, 1.807) is 13.3 Å². The van der Waals surface area contributed by atoms with E-state index in [4.69, 9.17) is 4.74 Å². The van der Waals surface area contributed by atoms with Crippen molar-refractivity contribution in [1.29, 1.82) is 0 Å². The Hall–Kier alpha value is 0.0500. The van der Waals surface area contributed by atoms with Gasteiger partial charge in [0.05, 0.1) is 13.3 Å². The van der Waals surface area contributed by atoms with Crippen LogP contribution < -0.4 is 9.57 Å². The second-order valence-corrected chi connectivity index (χ2v) is 4.83. The molecule has 0 aromatic heterocycles. The number of halogens is 2. The first-order valence-corrected chi connectivity index (χ1v) is 7.82. The third kappa shape index (κ3) is 3.66. The molecule has 1 N–H and O–H groups in total. The first-order chi connectivity index (χ1) is 6.77. The zero-order valence-corrected chi connectivity index (χ0v) is 11.9. The van der Waals surface area contributed by atoms with Crippen molar-refractivity contribution < 1.29 is 4.74 Å². The van der Waals surface area contributed by atoms with Crippen LogP contribution in [0.4, 0.5) is 0 Å². The standard InChI is InChI=1S/C8H8BrIN2OS/c1-13-7-3-2-6(8(9)4-7)5-11-12-14-10/h2-5,12H,1H3/b11-5+. The number of rotatable bonds is 4. The van der Waals surface area contributed by atoms with Gasteiger partial charge < -0.3 is 4.74 Å². The minimum absolute atomic E-state index is 0.824. The van der Waals surface area contributed by atoms with Crippen molar-refractivity contribution in [2.75, 3.05) is 7.11 Å². The van der Waals surface area contributed by atoms with E-state index < -0.39 is 0 Å². The van der Waals surface area contributed by atoms with Gasteiger partial charge in [0, 0.05) is 40.4 Å². The van der Waals surface area contributed by atoms with Gasteiger partial charge in [-0.15, -0.1) is 0 Å². The van der Waals surface area contributed by atoms with Crippen molar-refractivity contribution in [2.24, 2.45) is 5.10 Å². The third-order valence-electron chi connectivity index (χ3n) is 1.50. The fraction of sp³-hybridized carbons (Fsp3) is 0.125. The molecule has 0 amide bonds. The summed E-state index contributed by atoms with van der Waals surface area (Å²) >= 11 is 5.54. The lowest BCUT2D eigenvalue weighted by Gasteiger charge is -2.02. The summed E-state index contributed by atoms with van der Waals surface area (Å²) in [5, 5.41) is 3.99. The van der Waals surface area contributed by atoms with Gasteiger partial charge in [-0.25, -0.2) is 4.83 Å². The SMILES string of the molecule is COc1ccc(/C=N/NSI)c(Br)c1. The Kier molecular flexibility index (Phi) is 5.64. The molecule has 0 aliphatic rings. The first kappa shape index (κ1) is 12.1. The van der Waals surface area contributed by atoms with E-state index in [0.717, 1.165) is 15.8 Å². The molecule has 1 aromatic carbocycles. The molecule has 0 heterocycles. The van der Waals surface area contributed by atoms with E-state index >= 15 is 0 Å². The monoisotopic (exact) mass is 386 g/mol. The number of methoxy groups -OCH3 is 1. The molecular formula is C8H8BrIN2OS. The van der Waals surface area contributed by atoms with Crippen LogP contribution in [-0.4, -0.2) is 13.3 Å². The highest BCUT2D eigenvalue weighted by molar-refractivity contribution is 14.2. The van der Waals surface area contributed by atoms with Gasteiger partial charge in [0.1, 0.15) is 5.75 Å². The molecule has 3 nitrogen and oxygen atoms in total. The van der Waals surface area contributed by atoms with E-state index in [-0.39, 0.29) is 0 Å². The van der Waals surface area contributed by atoms with Crippen LogP contribution in [0.1, 0.15) is 5.56 Å². The van der Waals surface area contributed by atoms with Crippen LogP contribution in [0.2, 0.25) is 0 Å². The molecule has 0 radical (unpaired) electrons. The van der Waals surface area contributed by atoms with Crippen molar-refractivity contribution >= 4 is 52.5 Å². The predicted molar refractivity (Wildman–Crippen MR) is 73.0 cm³/mol. The number of hydrogen-bond acceptors (Lipinski definition) is 4. The highest BCUT2D eigenvalue weighted by Gasteiger charge is 1.98. The smallest absolute Gasteiger partial charge is 0.120 e. The van der Waals surface area contributed by atoms with Crippen molar-refractivity contribution in [3.8, 4) is 5.75 Å². The summed E-state index contributed by atoms with van der Waals surface area (Å²) in [5.41, 5.74) is 1.00. The van der Waals surface area contributed by atoms with Gasteiger partial charge in [0.2, 0.25) is 0 Å². The summed E-state index contributed by atoms with van der Waals surface area (Å²) < 4.78 is 6.04. The van der Waals surface area contributed by atoms with Crippen LogP contribution in [0, 0.1) is 0 Å². The van der Waals surface area contributed by atoms with Gasteiger partial charge >= 0.3 is 0 Å². The Morgan fingerprint density at radius 3 is 3.00 bits per heavy atom. The third-order valence-corrected chi connectivity index (χ3v) is 2.95. The van der Waals surface area contributed by atoms with E-state index in [9.17, 15) is 0 Å². The fourth-order valence-corrected chi connectivity index (χ4v) is 1.75. The number of hydrazone groups is 1. The van der Waals surface area contributed by atoms with E-state index in [2.05, 4.69) is 47.1 Å².